The lowest BCUT2D eigenvalue weighted by Crippen LogP contribution is -2.30. The monoisotopic (exact) mass is 495 g/mol. The molecule has 0 bridgehead atoms. The van der Waals surface area contributed by atoms with Gasteiger partial charge in [0.15, 0.2) is 6.10 Å². The molecule has 172 valence electrons. The SMILES string of the molecule is CC[C@H](OC(=O)c1ccc(C)c(N2C(=O)c3cc(Cl)c(Cl)cc3C2=O)c1)C(=O)c1ccccc1. The van der Waals surface area contributed by atoms with Gasteiger partial charge in [-0.2, -0.15) is 0 Å². The van der Waals surface area contributed by atoms with Crippen LogP contribution in [-0.4, -0.2) is 29.7 Å². The fourth-order valence-electron chi connectivity index (χ4n) is 3.74. The Morgan fingerprint density at radius 2 is 1.47 bits per heavy atom. The van der Waals surface area contributed by atoms with E-state index in [1.165, 1.54) is 24.3 Å². The van der Waals surface area contributed by atoms with Gasteiger partial charge in [0.25, 0.3) is 11.8 Å². The van der Waals surface area contributed by atoms with Crippen LogP contribution in [0.15, 0.2) is 60.7 Å². The summed E-state index contributed by atoms with van der Waals surface area (Å²) in [5, 5.41) is 0.317. The van der Waals surface area contributed by atoms with Crippen molar-refractivity contribution in [2.45, 2.75) is 26.4 Å². The van der Waals surface area contributed by atoms with E-state index in [-0.39, 0.29) is 44.6 Å². The highest BCUT2D eigenvalue weighted by atomic mass is 35.5. The molecule has 6 nitrogen and oxygen atoms in total. The Hall–Kier alpha value is -3.48. The number of halogens is 2. The molecule has 1 aliphatic heterocycles. The number of anilines is 1. The summed E-state index contributed by atoms with van der Waals surface area (Å²) in [6.07, 6.45) is -0.679. The van der Waals surface area contributed by atoms with Gasteiger partial charge in [-0.15, -0.1) is 0 Å². The molecule has 2 amide bonds. The second kappa shape index (κ2) is 9.41. The molecular formula is C26H19Cl2NO5. The van der Waals surface area contributed by atoms with Gasteiger partial charge in [0.05, 0.1) is 32.4 Å². The second-order valence-corrected chi connectivity index (χ2v) is 8.61. The lowest BCUT2D eigenvalue weighted by molar-refractivity contribution is 0.0277. The number of carbonyl (C=O) groups is 4. The van der Waals surface area contributed by atoms with Crippen molar-refractivity contribution in [2.24, 2.45) is 0 Å². The van der Waals surface area contributed by atoms with E-state index in [0.717, 1.165) is 4.90 Å². The van der Waals surface area contributed by atoms with Crippen LogP contribution in [0.2, 0.25) is 10.0 Å². The van der Waals surface area contributed by atoms with Crippen LogP contribution >= 0.6 is 23.2 Å². The van der Waals surface area contributed by atoms with Gasteiger partial charge in [0.1, 0.15) is 0 Å². The number of hydrogen-bond donors (Lipinski definition) is 0. The van der Waals surface area contributed by atoms with Crippen molar-refractivity contribution in [2.75, 3.05) is 4.90 Å². The third kappa shape index (κ3) is 4.22. The van der Waals surface area contributed by atoms with E-state index in [2.05, 4.69) is 0 Å². The van der Waals surface area contributed by atoms with Gasteiger partial charge in [-0.05, 0) is 43.2 Å². The van der Waals surface area contributed by atoms with Gasteiger partial charge in [-0.25, -0.2) is 9.69 Å². The van der Waals surface area contributed by atoms with E-state index >= 15 is 0 Å². The molecule has 3 aromatic carbocycles. The van der Waals surface area contributed by atoms with E-state index in [4.69, 9.17) is 27.9 Å². The van der Waals surface area contributed by atoms with Crippen molar-refractivity contribution >= 4 is 52.5 Å². The number of aryl methyl sites for hydroxylation is 1. The third-order valence-electron chi connectivity index (χ3n) is 5.58. The summed E-state index contributed by atoms with van der Waals surface area (Å²) in [4.78, 5) is 52.7. The summed E-state index contributed by atoms with van der Waals surface area (Å²) < 4.78 is 5.49. The number of rotatable bonds is 6. The molecule has 0 aromatic heterocycles. The molecule has 3 aromatic rings. The smallest absolute Gasteiger partial charge is 0.338 e. The number of amides is 2. The van der Waals surface area contributed by atoms with Crippen molar-refractivity contribution < 1.29 is 23.9 Å². The maximum absolute atomic E-state index is 13.0. The molecule has 0 saturated carbocycles. The van der Waals surface area contributed by atoms with Crippen LogP contribution in [0.4, 0.5) is 5.69 Å². The van der Waals surface area contributed by atoms with E-state index in [1.807, 2.05) is 0 Å². The predicted octanol–water partition coefficient (Wildman–Crippen LogP) is 5.92. The predicted molar refractivity (Wildman–Crippen MR) is 129 cm³/mol. The summed E-state index contributed by atoms with van der Waals surface area (Å²) in [6, 6.07) is 15.8. The number of ether oxygens (including phenoxy) is 1. The molecule has 1 aliphatic rings. The van der Waals surface area contributed by atoms with Crippen LogP contribution in [0.5, 0.6) is 0 Å². The Labute approximate surface area is 206 Å². The van der Waals surface area contributed by atoms with Gasteiger partial charge < -0.3 is 4.74 Å². The second-order valence-electron chi connectivity index (χ2n) is 7.79. The molecule has 0 aliphatic carbocycles. The first-order valence-electron chi connectivity index (χ1n) is 10.5. The molecule has 0 N–H and O–H groups in total. The lowest BCUT2D eigenvalue weighted by atomic mass is 10.0. The van der Waals surface area contributed by atoms with Gasteiger partial charge in [-0.1, -0.05) is 66.5 Å². The van der Waals surface area contributed by atoms with Gasteiger partial charge in [-0.3, -0.25) is 14.4 Å². The minimum absolute atomic E-state index is 0.104. The van der Waals surface area contributed by atoms with Crippen LogP contribution in [0.3, 0.4) is 0 Å². The third-order valence-corrected chi connectivity index (χ3v) is 6.31. The largest absolute Gasteiger partial charge is 0.450 e. The van der Waals surface area contributed by atoms with Crippen LogP contribution in [-0.2, 0) is 4.74 Å². The standard InChI is InChI=1S/C26H19Cl2NO5/c1-3-22(23(30)15-7-5-4-6-8-15)34-26(33)16-10-9-14(2)21(11-16)29-24(31)17-12-19(27)20(28)13-18(17)25(29)32/h4-13,22H,3H2,1-2H3/t22-/m0/s1. The molecule has 0 radical (unpaired) electrons. The Morgan fingerprint density at radius 3 is 2.03 bits per heavy atom. The maximum Gasteiger partial charge on any atom is 0.338 e. The van der Waals surface area contributed by atoms with Gasteiger partial charge >= 0.3 is 5.97 Å². The fourth-order valence-corrected chi connectivity index (χ4v) is 4.07. The summed E-state index contributed by atoms with van der Waals surface area (Å²) in [7, 11) is 0. The van der Waals surface area contributed by atoms with E-state index < -0.39 is 23.9 Å². The van der Waals surface area contributed by atoms with Crippen molar-refractivity contribution in [3.8, 4) is 0 Å². The fraction of sp³-hybridized carbons (Fsp3) is 0.154. The normalized spacial score (nSPS) is 13.6. The highest BCUT2D eigenvalue weighted by molar-refractivity contribution is 6.44. The number of nitrogens with zero attached hydrogens (tertiary/aromatic N) is 1. The number of Topliss-reactive ketones (excluding diaryl/α,β-unsaturated/α-hetero) is 1. The van der Waals surface area contributed by atoms with Gasteiger partial charge in [0, 0.05) is 5.56 Å². The molecule has 34 heavy (non-hydrogen) atoms. The van der Waals surface area contributed by atoms with E-state index in [1.54, 1.807) is 50.2 Å². The van der Waals surface area contributed by atoms with Crippen LogP contribution in [0.1, 0.15) is 60.3 Å². The summed E-state index contributed by atoms with van der Waals surface area (Å²) in [6.45, 7) is 3.45. The van der Waals surface area contributed by atoms with E-state index in [0.29, 0.717) is 11.1 Å². The molecule has 4 rings (SSSR count). The zero-order valence-corrected chi connectivity index (χ0v) is 19.8. The molecule has 0 unspecified atom stereocenters. The lowest BCUT2D eigenvalue weighted by Gasteiger charge is -2.19. The first kappa shape index (κ1) is 23.7. The number of imide groups is 1. The van der Waals surface area contributed by atoms with Crippen molar-refractivity contribution in [1.29, 1.82) is 0 Å². The van der Waals surface area contributed by atoms with Crippen LogP contribution in [0, 0.1) is 6.92 Å². The van der Waals surface area contributed by atoms with Crippen LogP contribution < -0.4 is 4.90 Å². The average Bonchev–Trinajstić information content (AvgIpc) is 3.07. The summed E-state index contributed by atoms with van der Waals surface area (Å²) in [5.74, 6) is -2.19. The van der Waals surface area contributed by atoms with Crippen molar-refractivity contribution in [3.05, 3.63) is 98.5 Å². The average molecular weight is 496 g/mol. The minimum atomic E-state index is -0.969. The number of hydrogen-bond acceptors (Lipinski definition) is 5. The molecule has 0 fully saturated rings. The zero-order chi connectivity index (χ0) is 24.6. The number of carbonyl (C=O) groups excluding carboxylic acids is 4. The zero-order valence-electron chi connectivity index (χ0n) is 18.3. The first-order valence-corrected chi connectivity index (χ1v) is 11.3. The number of ketones is 1. The molecule has 0 spiro atoms. The Kier molecular flexibility index (Phi) is 6.55. The van der Waals surface area contributed by atoms with Crippen LogP contribution in [0.25, 0.3) is 0 Å². The first-order chi connectivity index (χ1) is 16.2. The molecule has 1 heterocycles. The van der Waals surface area contributed by atoms with E-state index in [9.17, 15) is 19.2 Å². The summed E-state index contributed by atoms with van der Waals surface area (Å²) >= 11 is 12.1. The highest BCUT2D eigenvalue weighted by Gasteiger charge is 2.38. The van der Waals surface area contributed by atoms with Crippen molar-refractivity contribution in [3.63, 3.8) is 0 Å². The molecule has 1 atom stereocenters. The number of esters is 1. The quantitative estimate of drug-likeness (QED) is 0.240. The maximum atomic E-state index is 13.0. The minimum Gasteiger partial charge on any atom is -0.450 e. The molecule has 8 heteroatoms. The summed E-state index contributed by atoms with van der Waals surface area (Å²) in [5.41, 5.74) is 1.63. The molecule has 0 saturated heterocycles. The Morgan fingerprint density at radius 1 is 0.882 bits per heavy atom. The Balaban J connectivity index is 1.62. The van der Waals surface area contributed by atoms with Crippen molar-refractivity contribution in [1.82, 2.24) is 0 Å². The highest BCUT2D eigenvalue weighted by Crippen LogP contribution is 2.35. The van der Waals surface area contributed by atoms with Gasteiger partial charge in [0.2, 0.25) is 5.78 Å². The Bertz CT molecular complexity index is 1300. The number of benzene rings is 3. The molecular weight excluding hydrogens is 477 g/mol. The number of fused-ring (bicyclic) bond motifs is 1. The topological polar surface area (TPSA) is 80.8 Å².